The minimum atomic E-state index is -0.350. The highest BCUT2D eigenvalue weighted by Crippen LogP contribution is 2.32. The van der Waals surface area contributed by atoms with Crippen LogP contribution in [0.1, 0.15) is 25.0 Å². The van der Waals surface area contributed by atoms with Gasteiger partial charge in [0.05, 0.1) is 5.02 Å². The summed E-state index contributed by atoms with van der Waals surface area (Å²) in [6, 6.07) is 8.20. The van der Waals surface area contributed by atoms with E-state index in [2.05, 4.69) is 10.3 Å². The van der Waals surface area contributed by atoms with Gasteiger partial charge in [0.2, 0.25) is 0 Å². The number of oxazole rings is 1. The van der Waals surface area contributed by atoms with Crippen molar-refractivity contribution in [3.8, 4) is 0 Å². The van der Waals surface area contributed by atoms with E-state index in [4.69, 9.17) is 16.0 Å². The summed E-state index contributed by atoms with van der Waals surface area (Å²) < 4.78 is 19.1. The van der Waals surface area contributed by atoms with Crippen molar-refractivity contribution in [2.24, 2.45) is 5.92 Å². The molecule has 2 aromatic carbocycles. The second-order valence-corrected chi connectivity index (χ2v) is 6.67. The fourth-order valence-corrected chi connectivity index (χ4v) is 2.69. The van der Waals surface area contributed by atoms with Gasteiger partial charge >= 0.3 is 0 Å². The minimum Gasteiger partial charge on any atom is -0.422 e. The van der Waals surface area contributed by atoms with E-state index in [9.17, 15) is 9.18 Å². The highest BCUT2D eigenvalue weighted by Gasteiger charge is 2.16. The topological polar surface area (TPSA) is 55.1 Å². The Hall–Kier alpha value is -2.40. The van der Waals surface area contributed by atoms with Crippen molar-refractivity contribution in [2.45, 2.75) is 27.2 Å². The molecule has 0 saturated carbocycles. The number of aromatic nitrogens is 1. The van der Waals surface area contributed by atoms with Crippen molar-refractivity contribution >= 4 is 40.2 Å². The maximum Gasteiger partial charge on any atom is 0.300 e. The highest BCUT2D eigenvalue weighted by atomic mass is 35.5. The van der Waals surface area contributed by atoms with Crippen molar-refractivity contribution in [1.82, 2.24) is 4.98 Å². The average molecular weight is 361 g/mol. The average Bonchev–Trinajstić information content (AvgIpc) is 2.97. The molecule has 0 aliphatic rings. The third kappa shape index (κ3) is 3.66. The molecule has 3 aromatic rings. The highest BCUT2D eigenvalue weighted by molar-refractivity contribution is 6.35. The SMILES string of the molecule is Cc1ccc(F)cc1Nc1nc2ccc(CC(=O)C(C)C)c(Cl)c2o1. The van der Waals surface area contributed by atoms with E-state index in [1.165, 1.54) is 12.1 Å². The summed E-state index contributed by atoms with van der Waals surface area (Å²) in [4.78, 5) is 16.3. The predicted molar refractivity (Wildman–Crippen MR) is 97.0 cm³/mol. The number of hydrogen-bond acceptors (Lipinski definition) is 4. The molecule has 25 heavy (non-hydrogen) atoms. The lowest BCUT2D eigenvalue weighted by Gasteiger charge is -2.06. The lowest BCUT2D eigenvalue weighted by molar-refractivity contribution is -0.121. The number of carbonyl (C=O) groups excluding carboxylic acids is 1. The molecule has 0 aliphatic carbocycles. The van der Waals surface area contributed by atoms with Crippen molar-refractivity contribution in [3.63, 3.8) is 0 Å². The van der Waals surface area contributed by atoms with Gasteiger partial charge in [-0.1, -0.05) is 37.6 Å². The Morgan fingerprint density at radius 2 is 2.08 bits per heavy atom. The molecule has 0 radical (unpaired) electrons. The number of halogens is 2. The number of anilines is 2. The molecule has 1 heterocycles. The van der Waals surface area contributed by atoms with Gasteiger partial charge in [-0.25, -0.2) is 4.39 Å². The number of ketones is 1. The zero-order valence-electron chi connectivity index (χ0n) is 14.2. The number of fused-ring (bicyclic) bond motifs is 1. The second-order valence-electron chi connectivity index (χ2n) is 6.29. The number of hydrogen-bond donors (Lipinski definition) is 1. The fraction of sp³-hybridized carbons (Fsp3) is 0.263. The van der Waals surface area contributed by atoms with Gasteiger partial charge in [-0.3, -0.25) is 4.79 Å². The first-order valence-corrected chi connectivity index (χ1v) is 8.36. The summed E-state index contributed by atoms with van der Waals surface area (Å²) in [5, 5.41) is 3.34. The molecule has 0 amide bonds. The summed E-state index contributed by atoms with van der Waals surface area (Å²) in [7, 11) is 0. The molecule has 3 rings (SSSR count). The van der Waals surface area contributed by atoms with Gasteiger partial charge in [-0.15, -0.1) is 0 Å². The molecule has 0 fully saturated rings. The third-order valence-electron chi connectivity index (χ3n) is 4.03. The maximum absolute atomic E-state index is 13.4. The zero-order valence-corrected chi connectivity index (χ0v) is 14.9. The van der Waals surface area contributed by atoms with Crippen LogP contribution in [0.25, 0.3) is 11.1 Å². The fourth-order valence-electron chi connectivity index (χ4n) is 2.43. The van der Waals surface area contributed by atoms with Crippen molar-refractivity contribution < 1.29 is 13.6 Å². The molecule has 0 spiro atoms. The number of carbonyl (C=O) groups is 1. The molecule has 0 unspecified atom stereocenters. The Kier molecular flexibility index (Phi) is 4.77. The molecule has 6 heteroatoms. The van der Waals surface area contributed by atoms with E-state index < -0.39 is 0 Å². The van der Waals surface area contributed by atoms with Crippen LogP contribution in [0.4, 0.5) is 16.1 Å². The summed E-state index contributed by atoms with van der Waals surface area (Å²) in [5.74, 6) is -0.305. The Labute approximate surface area is 150 Å². The Balaban J connectivity index is 1.93. The van der Waals surface area contributed by atoms with E-state index in [0.717, 1.165) is 5.56 Å². The van der Waals surface area contributed by atoms with Crippen molar-refractivity contribution in [2.75, 3.05) is 5.32 Å². The molecule has 0 aliphatic heterocycles. The first-order valence-electron chi connectivity index (χ1n) is 7.99. The Morgan fingerprint density at radius 1 is 1.32 bits per heavy atom. The van der Waals surface area contributed by atoms with E-state index in [1.54, 1.807) is 18.2 Å². The molecular weight excluding hydrogens is 343 g/mol. The van der Waals surface area contributed by atoms with E-state index >= 15 is 0 Å². The second kappa shape index (κ2) is 6.84. The van der Waals surface area contributed by atoms with Crippen LogP contribution in [0.2, 0.25) is 5.02 Å². The number of rotatable bonds is 5. The number of nitrogens with zero attached hydrogens (tertiary/aromatic N) is 1. The minimum absolute atomic E-state index is 0.0605. The van der Waals surface area contributed by atoms with Gasteiger partial charge in [0.25, 0.3) is 6.01 Å². The lowest BCUT2D eigenvalue weighted by atomic mass is 10.0. The molecule has 1 N–H and O–H groups in total. The smallest absolute Gasteiger partial charge is 0.300 e. The molecule has 0 bridgehead atoms. The molecule has 1 aromatic heterocycles. The van der Waals surface area contributed by atoms with E-state index in [-0.39, 0.29) is 30.0 Å². The predicted octanol–water partition coefficient (Wildman–Crippen LogP) is 5.44. The Bertz CT molecular complexity index is 950. The van der Waals surface area contributed by atoms with Gasteiger partial charge < -0.3 is 9.73 Å². The van der Waals surface area contributed by atoms with Crippen LogP contribution in [-0.2, 0) is 11.2 Å². The number of benzene rings is 2. The van der Waals surface area contributed by atoms with E-state index in [0.29, 0.717) is 27.4 Å². The summed E-state index contributed by atoms with van der Waals surface area (Å²) in [6.45, 7) is 5.56. The third-order valence-corrected chi connectivity index (χ3v) is 4.44. The van der Waals surface area contributed by atoms with Crippen LogP contribution in [0.5, 0.6) is 0 Å². The van der Waals surface area contributed by atoms with Crippen LogP contribution in [0.15, 0.2) is 34.7 Å². The molecule has 130 valence electrons. The molecule has 0 saturated heterocycles. The quantitative estimate of drug-likeness (QED) is 0.658. The van der Waals surface area contributed by atoms with Crippen LogP contribution in [0, 0.1) is 18.7 Å². The van der Waals surface area contributed by atoms with Gasteiger partial charge in [-0.2, -0.15) is 4.98 Å². The van der Waals surface area contributed by atoms with Crippen molar-refractivity contribution in [1.29, 1.82) is 0 Å². The number of Topliss-reactive ketones (excluding diaryl/α,β-unsaturated/α-hetero) is 1. The largest absolute Gasteiger partial charge is 0.422 e. The van der Waals surface area contributed by atoms with Crippen LogP contribution >= 0.6 is 11.6 Å². The van der Waals surface area contributed by atoms with Gasteiger partial charge in [0, 0.05) is 18.0 Å². The zero-order chi connectivity index (χ0) is 18.1. The first-order chi connectivity index (χ1) is 11.8. The molecule has 0 atom stereocenters. The monoisotopic (exact) mass is 360 g/mol. The van der Waals surface area contributed by atoms with Gasteiger partial charge in [0.1, 0.15) is 17.1 Å². The number of aryl methyl sites for hydroxylation is 1. The summed E-state index contributed by atoms with van der Waals surface area (Å²) >= 11 is 6.39. The van der Waals surface area contributed by atoms with Crippen LogP contribution in [0.3, 0.4) is 0 Å². The summed E-state index contributed by atoms with van der Waals surface area (Å²) in [5.41, 5.74) is 3.11. The van der Waals surface area contributed by atoms with E-state index in [1.807, 2.05) is 20.8 Å². The van der Waals surface area contributed by atoms with Gasteiger partial charge in [0.15, 0.2) is 5.58 Å². The standard InChI is InChI=1S/C19H18ClFN2O2/c1-10(2)16(24)8-12-5-7-14-18(17(12)20)25-19(22-14)23-15-9-13(21)6-4-11(15)3/h4-7,9-10H,8H2,1-3H3,(H,22,23). The van der Waals surface area contributed by atoms with Crippen LogP contribution in [-0.4, -0.2) is 10.8 Å². The lowest BCUT2D eigenvalue weighted by Crippen LogP contribution is -2.10. The number of nitrogens with one attached hydrogen (secondary N) is 1. The summed E-state index contributed by atoms with van der Waals surface area (Å²) in [6.07, 6.45) is 0.249. The molecule has 4 nitrogen and oxygen atoms in total. The Morgan fingerprint density at radius 3 is 2.80 bits per heavy atom. The first kappa shape index (κ1) is 17.4. The van der Waals surface area contributed by atoms with Gasteiger partial charge in [-0.05, 0) is 36.2 Å². The normalized spacial score (nSPS) is 11.3. The molecular formula is C19H18ClFN2O2. The van der Waals surface area contributed by atoms with Crippen molar-refractivity contribution in [3.05, 3.63) is 52.3 Å². The maximum atomic E-state index is 13.4. The van der Waals surface area contributed by atoms with Crippen LogP contribution < -0.4 is 5.32 Å².